The Balaban J connectivity index is 1.87. The van der Waals surface area contributed by atoms with E-state index in [-0.39, 0.29) is 11.5 Å². The minimum Gasteiger partial charge on any atom is -0.314 e. The molecule has 148 valence electrons. The summed E-state index contributed by atoms with van der Waals surface area (Å²) in [6.07, 6.45) is 0. The van der Waals surface area contributed by atoms with Crippen molar-refractivity contribution in [2.45, 2.75) is 24.8 Å². The first-order chi connectivity index (χ1) is 13.9. The summed E-state index contributed by atoms with van der Waals surface area (Å²) in [6.45, 7) is 3.32. The van der Waals surface area contributed by atoms with Crippen LogP contribution in [0.4, 0.5) is 11.5 Å². The van der Waals surface area contributed by atoms with E-state index in [0.29, 0.717) is 16.5 Å². The van der Waals surface area contributed by atoms with Crippen molar-refractivity contribution in [3.8, 4) is 0 Å². The molecule has 0 aliphatic rings. The van der Waals surface area contributed by atoms with Gasteiger partial charge in [0.15, 0.2) is 16.7 Å². The fourth-order valence-electron chi connectivity index (χ4n) is 2.59. The molecule has 0 radical (unpaired) electrons. The van der Waals surface area contributed by atoms with E-state index in [0.717, 1.165) is 11.1 Å². The maximum atomic E-state index is 12.6. The molecule has 8 heteroatoms. The summed E-state index contributed by atoms with van der Waals surface area (Å²) in [5.74, 6) is -0.249. The number of thioether (sulfide) groups is 1. The number of nitrogens with zero attached hydrogens (tertiary/aromatic N) is 1. The molecule has 3 aromatic rings. The van der Waals surface area contributed by atoms with E-state index in [4.69, 9.17) is 0 Å². The third-order valence-corrected chi connectivity index (χ3v) is 5.01. The van der Waals surface area contributed by atoms with Crippen LogP contribution in [0.25, 0.3) is 0 Å². The predicted octanol–water partition coefficient (Wildman–Crippen LogP) is 3.58. The van der Waals surface area contributed by atoms with Gasteiger partial charge < -0.3 is 10.6 Å². The number of carbonyl (C=O) groups is 2. The van der Waals surface area contributed by atoms with Crippen LogP contribution in [0.2, 0.25) is 0 Å². The van der Waals surface area contributed by atoms with Crippen molar-refractivity contribution in [3.63, 3.8) is 0 Å². The quantitative estimate of drug-likeness (QED) is 0.427. The normalized spacial score (nSPS) is 10.4. The van der Waals surface area contributed by atoms with Crippen molar-refractivity contribution < 1.29 is 9.59 Å². The lowest BCUT2D eigenvalue weighted by Crippen LogP contribution is -2.24. The molecule has 0 saturated carbocycles. The third kappa shape index (κ3) is 5.32. The maximum Gasteiger partial charge on any atom is 0.277 e. The van der Waals surface area contributed by atoms with E-state index < -0.39 is 17.4 Å². The molecular weight excluding hydrogens is 388 g/mol. The van der Waals surface area contributed by atoms with Crippen molar-refractivity contribution in [3.05, 3.63) is 81.6 Å². The van der Waals surface area contributed by atoms with Crippen molar-refractivity contribution in [1.29, 1.82) is 0 Å². The average molecular weight is 408 g/mol. The molecule has 29 heavy (non-hydrogen) atoms. The van der Waals surface area contributed by atoms with Gasteiger partial charge in [-0.05, 0) is 30.2 Å². The van der Waals surface area contributed by atoms with Crippen molar-refractivity contribution >= 4 is 35.1 Å². The van der Waals surface area contributed by atoms with Crippen LogP contribution < -0.4 is 16.2 Å². The number of hydrogen-bond donors (Lipinski definition) is 3. The maximum absolute atomic E-state index is 12.6. The molecule has 2 aromatic carbocycles. The first kappa shape index (κ1) is 20.3. The first-order valence-corrected chi connectivity index (χ1v) is 9.88. The van der Waals surface area contributed by atoms with Crippen LogP contribution in [0.3, 0.4) is 0 Å². The van der Waals surface area contributed by atoms with Crippen LogP contribution in [0.15, 0.2) is 64.5 Å². The molecule has 0 unspecified atom stereocenters. The minimum atomic E-state index is -0.541. The van der Waals surface area contributed by atoms with Crippen molar-refractivity contribution in [2.75, 3.05) is 10.6 Å². The Hall–Kier alpha value is -3.39. The number of anilines is 2. The Bertz CT molecular complexity index is 1100. The van der Waals surface area contributed by atoms with Gasteiger partial charge in [-0.1, -0.05) is 54.2 Å². The molecule has 0 atom stereocenters. The van der Waals surface area contributed by atoms with Crippen LogP contribution in [0.1, 0.15) is 28.4 Å². The zero-order chi connectivity index (χ0) is 20.8. The summed E-state index contributed by atoms with van der Waals surface area (Å²) in [4.78, 5) is 43.6. The smallest absolute Gasteiger partial charge is 0.277 e. The minimum absolute atomic E-state index is 0.0119. The first-order valence-electron chi connectivity index (χ1n) is 8.89. The van der Waals surface area contributed by atoms with Crippen molar-refractivity contribution in [2.24, 2.45) is 0 Å². The number of carbonyl (C=O) groups excluding carboxylic acids is 2. The van der Waals surface area contributed by atoms with Gasteiger partial charge in [0.25, 0.3) is 11.5 Å². The van der Waals surface area contributed by atoms with E-state index in [2.05, 4.69) is 20.6 Å². The van der Waals surface area contributed by atoms with E-state index in [9.17, 15) is 14.4 Å². The van der Waals surface area contributed by atoms with Crippen LogP contribution >= 0.6 is 11.8 Å². The largest absolute Gasteiger partial charge is 0.314 e. The topological polar surface area (TPSA) is 104 Å². The molecule has 0 aliphatic carbocycles. The van der Waals surface area contributed by atoms with E-state index in [1.54, 1.807) is 30.3 Å². The predicted molar refractivity (Wildman–Crippen MR) is 114 cm³/mol. The lowest BCUT2D eigenvalue weighted by Gasteiger charge is -2.12. The third-order valence-electron chi connectivity index (χ3n) is 4.09. The zero-order valence-corrected chi connectivity index (χ0v) is 16.8. The van der Waals surface area contributed by atoms with Gasteiger partial charge in [0.05, 0.1) is 0 Å². The lowest BCUT2D eigenvalue weighted by atomic mass is 10.1. The van der Waals surface area contributed by atoms with Crippen molar-refractivity contribution in [1.82, 2.24) is 9.97 Å². The lowest BCUT2D eigenvalue weighted by molar-refractivity contribution is -0.114. The highest BCUT2D eigenvalue weighted by atomic mass is 32.2. The molecule has 0 aliphatic heterocycles. The number of amides is 2. The molecular formula is C21H20N4O3S. The van der Waals surface area contributed by atoms with Gasteiger partial charge in [-0.2, -0.15) is 0 Å². The highest BCUT2D eigenvalue weighted by Gasteiger charge is 2.17. The summed E-state index contributed by atoms with van der Waals surface area (Å²) < 4.78 is 0. The van der Waals surface area contributed by atoms with Gasteiger partial charge in [0.1, 0.15) is 0 Å². The molecule has 0 fully saturated rings. The molecule has 3 N–H and O–H groups in total. The Labute approximate surface area is 172 Å². The second kappa shape index (κ2) is 9.20. The number of benzene rings is 2. The Kier molecular flexibility index (Phi) is 6.46. The molecule has 7 nitrogen and oxygen atoms in total. The van der Waals surface area contributed by atoms with E-state index in [1.807, 2.05) is 31.2 Å². The second-order valence-electron chi connectivity index (χ2n) is 6.31. The standard InChI is InChI=1S/C21H20N4O3S/c1-13-8-6-7-11-16(13)12-29-21-24-18(22-14(2)26)17(20(28)25-21)23-19(27)15-9-4-3-5-10-15/h3-11H,12H2,1-2H3,(H,23,27)(H2,22,24,25,26,28). The number of rotatable bonds is 6. The summed E-state index contributed by atoms with van der Waals surface area (Å²) >= 11 is 1.34. The number of H-pyrrole nitrogens is 1. The van der Waals surface area contributed by atoms with E-state index in [1.165, 1.54) is 18.7 Å². The fraction of sp³-hybridized carbons (Fsp3) is 0.143. The molecule has 1 heterocycles. The molecule has 1 aromatic heterocycles. The average Bonchev–Trinajstić information content (AvgIpc) is 2.70. The Morgan fingerprint density at radius 2 is 1.72 bits per heavy atom. The van der Waals surface area contributed by atoms with Gasteiger partial charge in [-0.15, -0.1) is 0 Å². The SMILES string of the molecule is CC(=O)Nc1nc(SCc2ccccc2C)[nH]c(=O)c1NC(=O)c1ccccc1. The highest BCUT2D eigenvalue weighted by Crippen LogP contribution is 2.24. The monoisotopic (exact) mass is 408 g/mol. The molecule has 0 bridgehead atoms. The van der Waals surface area contributed by atoms with E-state index >= 15 is 0 Å². The summed E-state index contributed by atoms with van der Waals surface area (Å²) in [6, 6.07) is 16.4. The highest BCUT2D eigenvalue weighted by molar-refractivity contribution is 7.98. The van der Waals surface area contributed by atoms with Gasteiger partial charge in [0.2, 0.25) is 5.91 Å². The molecule has 0 saturated heterocycles. The number of hydrogen-bond acceptors (Lipinski definition) is 5. The molecule has 0 spiro atoms. The fourth-order valence-corrected chi connectivity index (χ4v) is 3.52. The summed E-state index contributed by atoms with van der Waals surface area (Å²) in [7, 11) is 0. The molecule has 2 amide bonds. The van der Waals surface area contributed by atoms with Crippen LogP contribution in [0.5, 0.6) is 0 Å². The van der Waals surface area contributed by atoms with Gasteiger partial charge in [0, 0.05) is 18.2 Å². The second-order valence-corrected chi connectivity index (χ2v) is 7.28. The van der Waals surface area contributed by atoms with Gasteiger partial charge in [-0.25, -0.2) is 4.98 Å². The number of aromatic nitrogens is 2. The Morgan fingerprint density at radius 1 is 1.03 bits per heavy atom. The summed E-state index contributed by atoms with van der Waals surface area (Å²) in [5.41, 5.74) is 1.99. The zero-order valence-electron chi connectivity index (χ0n) is 16.0. The van der Waals surface area contributed by atoms with Crippen LogP contribution in [-0.2, 0) is 10.5 Å². The number of nitrogens with one attached hydrogen (secondary N) is 3. The van der Waals surface area contributed by atoms with Gasteiger partial charge >= 0.3 is 0 Å². The number of aryl methyl sites for hydroxylation is 1. The number of aromatic amines is 1. The van der Waals surface area contributed by atoms with Crippen LogP contribution in [0, 0.1) is 6.92 Å². The Morgan fingerprint density at radius 3 is 2.41 bits per heavy atom. The summed E-state index contributed by atoms with van der Waals surface area (Å²) in [5, 5.41) is 5.41. The van der Waals surface area contributed by atoms with Gasteiger partial charge in [-0.3, -0.25) is 19.4 Å². The van der Waals surface area contributed by atoms with Crippen LogP contribution in [-0.4, -0.2) is 21.8 Å². The molecule has 3 rings (SSSR count).